The van der Waals surface area contributed by atoms with Gasteiger partial charge in [0.15, 0.2) is 0 Å². The molecule has 2 aromatic rings. The first-order valence-electron chi connectivity index (χ1n) is 5.28. The summed E-state index contributed by atoms with van der Waals surface area (Å²) in [6.07, 6.45) is 1.37. The van der Waals surface area contributed by atoms with Crippen LogP contribution in [0.4, 0.5) is 11.5 Å². The van der Waals surface area contributed by atoms with E-state index < -0.39 is 4.92 Å². The highest BCUT2D eigenvalue weighted by molar-refractivity contribution is 5.45. The van der Waals surface area contributed by atoms with Crippen molar-refractivity contribution in [2.75, 3.05) is 5.32 Å². The molecule has 0 saturated heterocycles. The summed E-state index contributed by atoms with van der Waals surface area (Å²) in [5.74, 6) is 0.572. The van der Waals surface area contributed by atoms with Gasteiger partial charge in [0, 0.05) is 24.4 Å². The van der Waals surface area contributed by atoms with Gasteiger partial charge in [0.25, 0.3) is 5.69 Å². The molecule has 0 aliphatic heterocycles. The van der Waals surface area contributed by atoms with Gasteiger partial charge in [-0.05, 0) is 6.07 Å². The molecule has 6 heteroatoms. The van der Waals surface area contributed by atoms with Crippen molar-refractivity contribution < 1.29 is 10.0 Å². The van der Waals surface area contributed by atoms with Crippen LogP contribution in [0.1, 0.15) is 5.56 Å². The van der Waals surface area contributed by atoms with Crippen LogP contribution in [0.15, 0.2) is 42.6 Å². The van der Waals surface area contributed by atoms with Gasteiger partial charge in [-0.15, -0.1) is 0 Å². The highest BCUT2D eigenvalue weighted by atomic mass is 16.6. The predicted octanol–water partition coefficient (Wildman–Crippen LogP) is 2.31. The van der Waals surface area contributed by atoms with Crippen LogP contribution in [0, 0.1) is 10.1 Å². The number of nitrogens with one attached hydrogen (secondary N) is 1. The van der Waals surface area contributed by atoms with Crippen molar-refractivity contribution in [3.8, 4) is 5.75 Å². The second kappa shape index (κ2) is 5.13. The topological polar surface area (TPSA) is 88.3 Å². The second-order valence-electron chi connectivity index (χ2n) is 3.64. The normalized spacial score (nSPS) is 10.0. The summed E-state index contributed by atoms with van der Waals surface area (Å²) in [5.41, 5.74) is 0.676. The molecule has 0 amide bonds. The SMILES string of the molecule is O=[N+]([O-])c1ccnc(NCc2ccccc2O)c1. The molecular weight excluding hydrogens is 234 g/mol. The van der Waals surface area contributed by atoms with Gasteiger partial charge in [0.1, 0.15) is 11.6 Å². The lowest BCUT2D eigenvalue weighted by molar-refractivity contribution is -0.384. The zero-order valence-electron chi connectivity index (χ0n) is 9.41. The number of para-hydroxylation sites is 1. The van der Waals surface area contributed by atoms with Crippen molar-refractivity contribution in [1.82, 2.24) is 4.98 Å². The summed E-state index contributed by atoms with van der Waals surface area (Å²) >= 11 is 0. The first-order chi connectivity index (χ1) is 8.66. The first kappa shape index (κ1) is 11.8. The fourth-order valence-corrected chi connectivity index (χ4v) is 1.48. The highest BCUT2D eigenvalue weighted by Crippen LogP contribution is 2.18. The summed E-state index contributed by atoms with van der Waals surface area (Å²) < 4.78 is 0. The number of phenolic OH excluding ortho intramolecular Hbond substituents is 1. The van der Waals surface area contributed by atoms with Gasteiger partial charge in [-0.25, -0.2) is 4.98 Å². The number of phenols is 1. The highest BCUT2D eigenvalue weighted by Gasteiger charge is 2.07. The van der Waals surface area contributed by atoms with Crippen LogP contribution in [0.5, 0.6) is 5.75 Å². The van der Waals surface area contributed by atoms with Crippen LogP contribution >= 0.6 is 0 Å². The Kier molecular flexibility index (Phi) is 3.38. The number of hydrogen-bond donors (Lipinski definition) is 2. The maximum absolute atomic E-state index is 10.6. The standard InChI is InChI=1S/C12H11N3O3/c16-11-4-2-1-3-9(11)8-14-12-7-10(15(17)18)5-6-13-12/h1-7,16H,8H2,(H,13,14). The molecule has 0 unspecified atom stereocenters. The molecule has 2 N–H and O–H groups in total. The summed E-state index contributed by atoms with van der Waals surface area (Å²) in [6, 6.07) is 9.55. The van der Waals surface area contributed by atoms with Gasteiger partial charge in [0.05, 0.1) is 11.0 Å². The van der Waals surface area contributed by atoms with E-state index in [2.05, 4.69) is 10.3 Å². The average molecular weight is 245 g/mol. The Hall–Kier alpha value is -2.63. The fraction of sp³-hybridized carbons (Fsp3) is 0.0833. The van der Waals surface area contributed by atoms with Crippen molar-refractivity contribution in [1.29, 1.82) is 0 Å². The molecule has 1 heterocycles. The molecule has 2 rings (SSSR count). The van der Waals surface area contributed by atoms with Crippen LogP contribution in [0.3, 0.4) is 0 Å². The number of aromatic hydroxyl groups is 1. The Morgan fingerprint density at radius 2 is 2.11 bits per heavy atom. The molecule has 1 aromatic carbocycles. The molecule has 0 atom stereocenters. The number of pyridine rings is 1. The summed E-state index contributed by atoms with van der Waals surface area (Å²) in [6.45, 7) is 0.348. The number of hydrogen-bond acceptors (Lipinski definition) is 5. The minimum absolute atomic E-state index is 0.0233. The van der Waals surface area contributed by atoms with E-state index >= 15 is 0 Å². The van der Waals surface area contributed by atoms with Crippen LogP contribution in [-0.4, -0.2) is 15.0 Å². The van der Waals surface area contributed by atoms with E-state index in [4.69, 9.17) is 0 Å². The first-order valence-corrected chi connectivity index (χ1v) is 5.28. The van der Waals surface area contributed by atoms with E-state index in [0.717, 1.165) is 0 Å². The molecule has 0 saturated carbocycles. The summed E-state index contributed by atoms with van der Waals surface area (Å²) in [7, 11) is 0. The Labute approximate surface area is 103 Å². The van der Waals surface area contributed by atoms with Gasteiger partial charge in [-0.2, -0.15) is 0 Å². The molecule has 0 spiro atoms. The van der Waals surface area contributed by atoms with E-state index in [1.54, 1.807) is 24.3 Å². The van der Waals surface area contributed by atoms with E-state index in [1.807, 2.05) is 0 Å². The molecule has 1 aromatic heterocycles. The lowest BCUT2D eigenvalue weighted by Gasteiger charge is -2.06. The number of anilines is 1. The van der Waals surface area contributed by atoms with Crippen molar-refractivity contribution >= 4 is 11.5 Å². The van der Waals surface area contributed by atoms with Gasteiger partial charge in [0.2, 0.25) is 0 Å². The van der Waals surface area contributed by atoms with E-state index in [1.165, 1.54) is 18.3 Å². The lowest BCUT2D eigenvalue weighted by Crippen LogP contribution is -2.02. The lowest BCUT2D eigenvalue weighted by atomic mass is 10.2. The predicted molar refractivity (Wildman–Crippen MR) is 66.3 cm³/mol. The molecule has 0 fully saturated rings. The Bertz CT molecular complexity index is 572. The monoisotopic (exact) mass is 245 g/mol. The number of benzene rings is 1. The van der Waals surface area contributed by atoms with Gasteiger partial charge in [-0.3, -0.25) is 10.1 Å². The molecule has 18 heavy (non-hydrogen) atoms. The van der Waals surface area contributed by atoms with Crippen LogP contribution in [0.25, 0.3) is 0 Å². The molecule has 6 nitrogen and oxygen atoms in total. The molecule has 0 bridgehead atoms. The van der Waals surface area contributed by atoms with E-state index in [-0.39, 0.29) is 11.4 Å². The third-order valence-electron chi connectivity index (χ3n) is 2.41. The van der Waals surface area contributed by atoms with E-state index in [0.29, 0.717) is 17.9 Å². The maximum atomic E-state index is 10.6. The smallest absolute Gasteiger partial charge is 0.274 e. The van der Waals surface area contributed by atoms with Gasteiger partial charge in [-0.1, -0.05) is 18.2 Å². The fourth-order valence-electron chi connectivity index (χ4n) is 1.48. The summed E-state index contributed by atoms with van der Waals surface area (Å²) in [4.78, 5) is 14.1. The number of nitro groups is 1. The van der Waals surface area contributed by atoms with E-state index in [9.17, 15) is 15.2 Å². The molecule has 92 valence electrons. The van der Waals surface area contributed by atoms with Gasteiger partial charge < -0.3 is 10.4 Å². The summed E-state index contributed by atoms with van der Waals surface area (Å²) in [5, 5.41) is 23.1. The Morgan fingerprint density at radius 3 is 2.83 bits per heavy atom. The minimum Gasteiger partial charge on any atom is -0.508 e. The third-order valence-corrected chi connectivity index (χ3v) is 2.41. The largest absolute Gasteiger partial charge is 0.508 e. The molecular formula is C12H11N3O3. The number of rotatable bonds is 4. The maximum Gasteiger partial charge on any atom is 0.274 e. The third kappa shape index (κ3) is 2.73. The zero-order chi connectivity index (χ0) is 13.0. The Morgan fingerprint density at radius 1 is 1.33 bits per heavy atom. The van der Waals surface area contributed by atoms with Crippen molar-refractivity contribution in [2.24, 2.45) is 0 Å². The number of nitrogens with zero attached hydrogens (tertiary/aromatic N) is 2. The zero-order valence-corrected chi connectivity index (χ0v) is 9.41. The minimum atomic E-state index is -0.479. The van der Waals surface area contributed by atoms with Crippen LogP contribution in [-0.2, 0) is 6.54 Å². The Balaban J connectivity index is 2.09. The van der Waals surface area contributed by atoms with Crippen molar-refractivity contribution in [3.63, 3.8) is 0 Å². The molecule has 0 radical (unpaired) electrons. The van der Waals surface area contributed by atoms with Gasteiger partial charge >= 0.3 is 0 Å². The molecule has 0 aliphatic carbocycles. The van der Waals surface area contributed by atoms with Crippen LogP contribution < -0.4 is 5.32 Å². The average Bonchev–Trinajstić information content (AvgIpc) is 2.38. The quantitative estimate of drug-likeness (QED) is 0.637. The number of aromatic nitrogens is 1. The molecule has 0 aliphatic rings. The van der Waals surface area contributed by atoms with Crippen LogP contribution in [0.2, 0.25) is 0 Å². The van der Waals surface area contributed by atoms with Crippen molar-refractivity contribution in [2.45, 2.75) is 6.54 Å². The van der Waals surface area contributed by atoms with Crippen molar-refractivity contribution in [3.05, 3.63) is 58.3 Å². The second-order valence-corrected chi connectivity index (χ2v) is 3.64.